The Labute approximate surface area is 202 Å². The number of anilines is 1. The molecule has 8 heteroatoms. The number of carbonyl (C=O) groups is 1. The van der Waals surface area contributed by atoms with E-state index < -0.39 is 6.04 Å². The third-order valence-corrected chi connectivity index (χ3v) is 7.86. The Kier molecular flexibility index (Phi) is 6.00. The SMILES string of the molecule is CC[C@H](C(=O)N1CCN(c2cccc(OC)c2)CC1)n1nc(C)c2sc3ccccc3c2c1=O. The van der Waals surface area contributed by atoms with Crippen molar-refractivity contribution in [3.63, 3.8) is 0 Å². The topological polar surface area (TPSA) is 67.7 Å². The number of piperazine rings is 1. The third-order valence-electron chi connectivity index (χ3n) is 6.58. The lowest BCUT2D eigenvalue weighted by atomic mass is 10.1. The van der Waals surface area contributed by atoms with Gasteiger partial charge in [0, 0.05) is 48.0 Å². The number of ether oxygens (including phenoxy) is 1. The molecule has 0 radical (unpaired) electrons. The molecule has 3 heterocycles. The minimum atomic E-state index is -0.613. The average molecular weight is 477 g/mol. The summed E-state index contributed by atoms with van der Waals surface area (Å²) in [6, 6.07) is 15.3. The smallest absolute Gasteiger partial charge is 0.276 e. The quantitative estimate of drug-likeness (QED) is 0.431. The lowest BCUT2D eigenvalue weighted by molar-refractivity contribution is -0.135. The molecular weight excluding hydrogens is 448 g/mol. The van der Waals surface area contributed by atoms with Crippen molar-refractivity contribution in [2.75, 3.05) is 38.2 Å². The van der Waals surface area contributed by atoms with Crippen LogP contribution in [0.1, 0.15) is 25.1 Å². The Morgan fingerprint density at radius 2 is 1.88 bits per heavy atom. The monoisotopic (exact) mass is 476 g/mol. The van der Waals surface area contributed by atoms with E-state index in [1.807, 2.05) is 61.2 Å². The van der Waals surface area contributed by atoms with Crippen LogP contribution in [0.15, 0.2) is 53.3 Å². The van der Waals surface area contributed by atoms with Crippen molar-refractivity contribution in [3.05, 3.63) is 64.6 Å². The largest absolute Gasteiger partial charge is 0.497 e. The molecule has 7 nitrogen and oxygen atoms in total. The number of fused-ring (bicyclic) bond motifs is 3. The second kappa shape index (κ2) is 9.10. The maximum absolute atomic E-state index is 13.6. The molecule has 5 rings (SSSR count). The minimum absolute atomic E-state index is 0.0410. The molecule has 176 valence electrons. The highest BCUT2D eigenvalue weighted by molar-refractivity contribution is 7.26. The molecule has 1 saturated heterocycles. The van der Waals surface area contributed by atoms with Gasteiger partial charge in [0.25, 0.3) is 5.56 Å². The van der Waals surface area contributed by atoms with E-state index in [1.54, 1.807) is 18.4 Å². The number of methoxy groups -OCH3 is 1. The highest BCUT2D eigenvalue weighted by atomic mass is 32.1. The highest BCUT2D eigenvalue weighted by Gasteiger charge is 2.30. The summed E-state index contributed by atoms with van der Waals surface area (Å²) in [5, 5.41) is 6.21. The lowest BCUT2D eigenvalue weighted by Gasteiger charge is -2.37. The number of hydrogen-bond acceptors (Lipinski definition) is 6. The lowest BCUT2D eigenvalue weighted by Crippen LogP contribution is -2.51. The Morgan fingerprint density at radius 3 is 2.62 bits per heavy atom. The molecule has 1 aliphatic rings. The minimum Gasteiger partial charge on any atom is -0.497 e. The first-order valence-electron chi connectivity index (χ1n) is 11.6. The molecule has 2 aromatic heterocycles. The molecule has 1 amide bonds. The van der Waals surface area contributed by atoms with Crippen LogP contribution in [-0.2, 0) is 4.79 Å². The van der Waals surface area contributed by atoms with E-state index in [0.717, 1.165) is 45.0 Å². The summed E-state index contributed by atoms with van der Waals surface area (Å²) >= 11 is 1.58. The molecule has 2 aromatic carbocycles. The normalized spacial score (nSPS) is 15.1. The van der Waals surface area contributed by atoms with Crippen LogP contribution in [0.4, 0.5) is 5.69 Å². The van der Waals surface area contributed by atoms with Gasteiger partial charge in [-0.2, -0.15) is 5.10 Å². The van der Waals surface area contributed by atoms with Crippen LogP contribution < -0.4 is 15.2 Å². The first-order valence-corrected chi connectivity index (χ1v) is 12.4. The van der Waals surface area contributed by atoms with E-state index in [1.165, 1.54) is 4.68 Å². The van der Waals surface area contributed by atoms with Gasteiger partial charge in [0.05, 0.1) is 22.9 Å². The van der Waals surface area contributed by atoms with E-state index in [2.05, 4.69) is 16.1 Å². The van der Waals surface area contributed by atoms with Crippen LogP contribution in [0.5, 0.6) is 5.75 Å². The fourth-order valence-electron chi connectivity index (χ4n) is 4.75. The van der Waals surface area contributed by atoms with Crippen LogP contribution in [0, 0.1) is 6.92 Å². The third kappa shape index (κ3) is 3.81. The van der Waals surface area contributed by atoms with Crippen LogP contribution in [0.3, 0.4) is 0 Å². The summed E-state index contributed by atoms with van der Waals surface area (Å²) < 4.78 is 8.73. The van der Waals surface area contributed by atoms with Gasteiger partial charge in [-0.1, -0.05) is 31.2 Å². The number of amides is 1. The summed E-state index contributed by atoms with van der Waals surface area (Å²) in [4.78, 5) is 31.2. The van der Waals surface area contributed by atoms with Gasteiger partial charge in [0.15, 0.2) is 0 Å². The van der Waals surface area contributed by atoms with Crippen molar-refractivity contribution in [1.29, 1.82) is 0 Å². The molecule has 1 atom stereocenters. The molecule has 4 aromatic rings. The molecule has 0 saturated carbocycles. The van der Waals surface area contributed by atoms with Crippen molar-refractivity contribution in [2.45, 2.75) is 26.3 Å². The molecule has 0 N–H and O–H groups in total. The van der Waals surface area contributed by atoms with Gasteiger partial charge in [0.1, 0.15) is 11.8 Å². The van der Waals surface area contributed by atoms with Gasteiger partial charge in [-0.05, 0) is 31.5 Å². The fourth-order valence-corrected chi connectivity index (χ4v) is 5.88. The number of nitrogens with zero attached hydrogens (tertiary/aromatic N) is 4. The van der Waals surface area contributed by atoms with Crippen LogP contribution in [-0.4, -0.2) is 53.9 Å². The molecule has 1 fully saturated rings. The fraction of sp³-hybridized carbons (Fsp3) is 0.346. The zero-order chi connectivity index (χ0) is 23.8. The van der Waals surface area contributed by atoms with Crippen molar-refractivity contribution >= 4 is 43.1 Å². The first-order chi connectivity index (χ1) is 16.5. The van der Waals surface area contributed by atoms with E-state index in [0.29, 0.717) is 24.9 Å². The maximum atomic E-state index is 13.6. The van der Waals surface area contributed by atoms with Crippen molar-refractivity contribution in [1.82, 2.24) is 14.7 Å². The standard InChI is InChI=1S/C26H28N4O3S/c1-4-21(25(31)29-14-12-28(13-15-29)18-8-7-9-19(16-18)33-3)30-26(32)23-20-10-5-6-11-22(20)34-24(23)17(2)27-30/h5-11,16,21H,4,12-15H2,1-3H3/t21-/m1/s1. The molecule has 0 unspecified atom stereocenters. The second-order valence-corrected chi connectivity index (χ2v) is 9.63. The number of aromatic nitrogens is 2. The Balaban J connectivity index is 1.41. The summed E-state index contributed by atoms with van der Waals surface area (Å²) in [5.74, 6) is 0.778. The van der Waals surface area contributed by atoms with E-state index >= 15 is 0 Å². The number of benzene rings is 2. The summed E-state index contributed by atoms with van der Waals surface area (Å²) in [6.07, 6.45) is 0.509. The maximum Gasteiger partial charge on any atom is 0.276 e. The number of rotatable bonds is 5. The molecular formula is C26H28N4O3S. The van der Waals surface area contributed by atoms with Crippen molar-refractivity contribution in [3.8, 4) is 5.75 Å². The molecule has 0 spiro atoms. The van der Waals surface area contributed by atoms with Gasteiger partial charge in [-0.3, -0.25) is 9.59 Å². The summed E-state index contributed by atoms with van der Waals surface area (Å²) in [7, 11) is 1.66. The molecule has 0 aliphatic carbocycles. The van der Waals surface area contributed by atoms with Crippen molar-refractivity contribution < 1.29 is 9.53 Å². The number of hydrogen-bond donors (Lipinski definition) is 0. The van der Waals surface area contributed by atoms with Gasteiger partial charge in [0.2, 0.25) is 5.91 Å². The first kappa shape index (κ1) is 22.4. The Morgan fingerprint density at radius 1 is 1.12 bits per heavy atom. The number of carbonyl (C=O) groups excluding carboxylic acids is 1. The predicted molar refractivity (Wildman–Crippen MR) is 137 cm³/mol. The Hall–Kier alpha value is -3.39. The van der Waals surface area contributed by atoms with E-state index in [9.17, 15) is 9.59 Å². The van der Waals surface area contributed by atoms with Gasteiger partial charge in [-0.15, -0.1) is 11.3 Å². The zero-order valence-corrected chi connectivity index (χ0v) is 20.5. The second-order valence-electron chi connectivity index (χ2n) is 8.58. The summed E-state index contributed by atoms with van der Waals surface area (Å²) in [6.45, 7) is 6.51. The number of aryl methyl sites for hydroxylation is 1. The van der Waals surface area contributed by atoms with Crippen LogP contribution in [0.2, 0.25) is 0 Å². The van der Waals surface area contributed by atoms with Crippen LogP contribution in [0.25, 0.3) is 20.2 Å². The van der Waals surface area contributed by atoms with Gasteiger partial charge in [-0.25, -0.2) is 4.68 Å². The van der Waals surface area contributed by atoms with Gasteiger partial charge >= 0.3 is 0 Å². The molecule has 34 heavy (non-hydrogen) atoms. The predicted octanol–water partition coefficient (Wildman–Crippen LogP) is 4.23. The van der Waals surface area contributed by atoms with Crippen LogP contribution >= 0.6 is 11.3 Å². The summed E-state index contributed by atoms with van der Waals surface area (Å²) in [5.41, 5.74) is 1.68. The zero-order valence-electron chi connectivity index (χ0n) is 19.7. The Bertz CT molecular complexity index is 1420. The molecule has 1 aliphatic heterocycles. The molecule has 0 bridgehead atoms. The van der Waals surface area contributed by atoms with E-state index in [-0.39, 0.29) is 11.5 Å². The highest BCUT2D eigenvalue weighted by Crippen LogP contribution is 2.33. The average Bonchev–Trinajstić information content (AvgIpc) is 3.28. The van der Waals surface area contributed by atoms with Crippen molar-refractivity contribution in [2.24, 2.45) is 0 Å². The van der Waals surface area contributed by atoms with Gasteiger partial charge < -0.3 is 14.5 Å². The number of thiophene rings is 1. The van der Waals surface area contributed by atoms with E-state index in [4.69, 9.17) is 4.74 Å².